The van der Waals surface area contributed by atoms with E-state index in [2.05, 4.69) is 42.5 Å². The highest BCUT2D eigenvalue weighted by Crippen LogP contribution is 2.41. The Morgan fingerprint density at radius 2 is 0.815 bits per heavy atom. The predicted molar refractivity (Wildman–Crippen MR) is 518 cm³/mol. The molecule has 0 saturated heterocycles. The minimum Gasteiger partial charge on any atom is -0.506 e. The van der Waals surface area contributed by atoms with Crippen LogP contribution in [0.4, 0.5) is 55.6 Å². The van der Waals surface area contributed by atoms with Gasteiger partial charge < -0.3 is 78.2 Å². The van der Waals surface area contributed by atoms with Crippen LogP contribution in [0.2, 0.25) is 15.1 Å². The van der Waals surface area contributed by atoms with E-state index in [9.17, 15) is 96.8 Å². The summed E-state index contributed by atoms with van der Waals surface area (Å²) in [6, 6.07) is 59.6. The first-order chi connectivity index (χ1) is 63.6. The third-order valence-electron chi connectivity index (χ3n) is 19.9. The van der Waals surface area contributed by atoms with Crippen LogP contribution in [0.1, 0.15) is 99.4 Å². The average molecular weight is 1980 g/mol. The number of nitrogens with two attached hydrogens (primary N) is 1. The number of benzene rings is 12. The average Bonchev–Trinajstić information content (AvgIpc) is 0.796. The zero-order chi connectivity index (χ0) is 99.3. The maximum atomic E-state index is 14.2. The number of aryl methyl sites for hydroxylation is 5. The van der Waals surface area contributed by atoms with Gasteiger partial charge in [0.1, 0.15) is 61.8 Å². The lowest BCUT2D eigenvalue weighted by atomic mass is 10.1. The zero-order valence-electron chi connectivity index (χ0n) is 73.8. The van der Waals surface area contributed by atoms with Crippen molar-refractivity contribution >= 4 is 173 Å². The van der Waals surface area contributed by atoms with Gasteiger partial charge in [-0.15, -0.1) is 0 Å². The van der Waals surface area contributed by atoms with Crippen molar-refractivity contribution in [2.24, 2.45) is 0 Å². The fraction of sp³-hybridized carbons (Fsp3) is 0.167. The van der Waals surface area contributed by atoms with Crippen LogP contribution >= 0.6 is 34.8 Å². The highest BCUT2D eigenvalue weighted by molar-refractivity contribution is 7.93. The molecule has 0 saturated carbocycles. The number of carbonyl (C=O) groups is 8. The monoisotopic (exact) mass is 1980 g/mol. The number of nitrogen functional groups attached to an aromatic ring is 1. The molecule has 12 rings (SSSR count). The van der Waals surface area contributed by atoms with Crippen molar-refractivity contribution in [3.63, 3.8) is 0 Å². The third-order valence-corrected chi connectivity index (χ3v) is 29.1. The first-order valence-electron chi connectivity index (χ1n) is 40.7. The molecule has 0 spiro atoms. The van der Waals surface area contributed by atoms with Gasteiger partial charge in [-0.05, 0) is 211 Å². The van der Waals surface area contributed by atoms with Crippen LogP contribution in [0.15, 0.2) is 262 Å². The summed E-state index contributed by atoms with van der Waals surface area (Å²) in [5.41, 5.74) is 11.0. The fourth-order valence-corrected chi connectivity index (χ4v) is 18.9. The number of phenols is 4. The van der Waals surface area contributed by atoms with E-state index in [0.29, 0.717) is 28.3 Å². The molecular weight excluding hydrogens is 1880 g/mol. The van der Waals surface area contributed by atoms with E-state index < -0.39 is 131 Å². The Balaban J connectivity index is 0.000000204. The third kappa shape index (κ3) is 28.1. The van der Waals surface area contributed by atoms with Crippen LogP contribution in [0, 0.1) is 40.4 Å². The molecule has 0 aliphatic rings. The lowest BCUT2D eigenvalue weighted by Gasteiger charge is -2.18. The van der Waals surface area contributed by atoms with Gasteiger partial charge >= 0.3 is 0 Å². The van der Waals surface area contributed by atoms with E-state index in [1.54, 1.807) is 149 Å². The van der Waals surface area contributed by atoms with Gasteiger partial charge in [0.25, 0.3) is 17.7 Å². The van der Waals surface area contributed by atoms with E-state index in [0.717, 1.165) is 46.0 Å². The highest BCUT2D eigenvalue weighted by atomic mass is 35.5. The quantitative estimate of drug-likeness (QED) is 0.0160. The summed E-state index contributed by atoms with van der Waals surface area (Å²) in [6.45, 7) is 14.6. The van der Waals surface area contributed by atoms with Gasteiger partial charge in [-0.2, -0.15) is 0 Å². The van der Waals surface area contributed by atoms with Crippen molar-refractivity contribution in [1.29, 1.82) is 0 Å². The van der Waals surface area contributed by atoms with Crippen molar-refractivity contribution in [3.8, 4) is 40.2 Å². The van der Waals surface area contributed by atoms with Crippen molar-refractivity contribution < 1.29 is 106 Å². The van der Waals surface area contributed by atoms with Gasteiger partial charge in [-0.3, -0.25) is 38.4 Å². The molecule has 0 radical (unpaired) electrons. The minimum absolute atomic E-state index is 0.00242. The normalized spacial score (nSPS) is 11.8. The first kappa shape index (κ1) is 104. The molecule has 3 atom stereocenters. The second-order valence-electron chi connectivity index (χ2n) is 30.3. The van der Waals surface area contributed by atoms with Gasteiger partial charge in [0.2, 0.25) is 29.5 Å². The number of nitrogens with one attached hydrogen (secondary N) is 8. The SMILES string of the molecule is CCC(C(=O)Nc1cc(O)c(NC(=O)c2ccc(Cl)c(Cl)c2)cc1Cl)S(=O)(=O)c1cccc(C)c1.CCC(C(=O)Nc1cc(O)c(NC(C)=O)cc1F)S(=O)(=O)c1ccc(C)cc1.COc1ccc(Oc2cc(NC(=O)c3ccc(C)cc3)c(O)cc2NC(=O)C(C)S(=O)(=O)c2ccc(C)cc2)cc1.Cc1cccc(S(=O)(=O)CC(=O)Nc2ccc(NC(=O)c3ccc(N)cc3)c(O)c2)c1. The second kappa shape index (κ2) is 45.8. The van der Waals surface area contributed by atoms with Crippen LogP contribution < -0.4 is 57.7 Å². The molecule has 0 aliphatic heterocycles. The number of sulfone groups is 4. The van der Waals surface area contributed by atoms with E-state index >= 15 is 0 Å². The van der Waals surface area contributed by atoms with E-state index in [1.165, 1.54) is 131 Å². The number of anilines is 9. The molecule has 14 N–H and O–H groups in total. The minimum atomic E-state index is -4.01. The molecule has 0 aromatic heterocycles. The topological polar surface area (TPSA) is 495 Å². The largest absolute Gasteiger partial charge is 0.506 e. The summed E-state index contributed by atoms with van der Waals surface area (Å²) >= 11 is 18.1. The number of methoxy groups -OCH3 is 1. The predicted octanol–water partition coefficient (Wildman–Crippen LogP) is 17.9. The fourth-order valence-electron chi connectivity index (χ4n) is 12.5. The maximum absolute atomic E-state index is 14.2. The summed E-state index contributed by atoms with van der Waals surface area (Å²) in [6.07, 6.45) is -0.0108. The van der Waals surface area contributed by atoms with Gasteiger partial charge in [-0.1, -0.05) is 126 Å². The molecule has 12 aromatic rings. The molecule has 8 amide bonds. The summed E-state index contributed by atoms with van der Waals surface area (Å²) in [7, 11) is -14.3. The number of amides is 8. The molecule has 31 nitrogen and oxygen atoms in total. The molecule has 12 aromatic carbocycles. The molecule has 135 heavy (non-hydrogen) atoms. The Kier molecular flexibility index (Phi) is 35.4. The first-order valence-corrected chi connectivity index (χ1v) is 48.1. The van der Waals surface area contributed by atoms with Crippen molar-refractivity contribution in [2.45, 2.75) is 110 Å². The molecule has 706 valence electrons. The molecule has 0 heterocycles. The Labute approximate surface area is 793 Å². The van der Waals surface area contributed by atoms with E-state index in [1.807, 2.05) is 13.8 Å². The van der Waals surface area contributed by atoms with Crippen molar-refractivity contribution in [2.75, 3.05) is 61.1 Å². The Morgan fingerprint density at radius 1 is 0.385 bits per heavy atom. The van der Waals surface area contributed by atoms with Gasteiger partial charge in [0.05, 0.1) is 81.6 Å². The van der Waals surface area contributed by atoms with Gasteiger partial charge in [-0.25, -0.2) is 38.1 Å². The summed E-state index contributed by atoms with van der Waals surface area (Å²) in [4.78, 5) is 99.6. The number of halogens is 4. The van der Waals surface area contributed by atoms with E-state index in [-0.39, 0.29) is 110 Å². The Morgan fingerprint density at radius 3 is 1.33 bits per heavy atom. The smallest absolute Gasteiger partial charge is 0.255 e. The molecule has 39 heteroatoms. The molecule has 0 aliphatic carbocycles. The van der Waals surface area contributed by atoms with Gasteiger partial charge in [0, 0.05) is 71.4 Å². The van der Waals surface area contributed by atoms with Crippen molar-refractivity contribution in [3.05, 3.63) is 308 Å². The van der Waals surface area contributed by atoms with Crippen molar-refractivity contribution in [1.82, 2.24) is 0 Å². The molecule has 0 bridgehead atoms. The Hall–Kier alpha value is -14.4. The number of phenolic OH excluding ortho intramolecular Hbond substituents is 4. The number of hydrogen-bond acceptors (Lipinski definition) is 23. The van der Waals surface area contributed by atoms with Crippen LogP contribution in [0.5, 0.6) is 40.2 Å². The number of hydrogen-bond donors (Lipinski definition) is 13. The lowest BCUT2D eigenvalue weighted by Crippen LogP contribution is -2.35. The highest BCUT2D eigenvalue weighted by Gasteiger charge is 2.36. The van der Waals surface area contributed by atoms with Crippen LogP contribution in [-0.4, -0.2) is 130 Å². The number of aromatic hydroxyl groups is 4. The molecular formula is C96H93Cl3FN9O22S4. The molecule has 3 unspecified atom stereocenters. The number of rotatable bonds is 28. The van der Waals surface area contributed by atoms with Crippen LogP contribution in [0.25, 0.3) is 0 Å². The van der Waals surface area contributed by atoms with E-state index in [4.69, 9.17) is 50.0 Å². The zero-order valence-corrected chi connectivity index (χ0v) is 79.3. The van der Waals surface area contributed by atoms with Gasteiger partial charge in [0.15, 0.2) is 45.1 Å². The summed E-state index contributed by atoms with van der Waals surface area (Å²) in [5, 5.41) is 57.0. The lowest BCUT2D eigenvalue weighted by molar-refractivity contribution is -0.116. The van der Waals surface area contributed by atoms with Crippen LogP contribution in [-0.2, 0) is 63.3 Å². The van der Waals surface area contributed by atoms with Crippen LogP contribution in [0.3, 0.4) is 0 Å². The second-order valence-corrected chi connectivity index (χ2v) is 40.1. The summed E-state index contributed by atoms with van der Waals surface area (Å²) < 4.78 is 128. The maximum Gasteiger partial charge on any atom is 0.255 e. The number of ether oxygens (including phenoxy) is 2. The Bertz CT molecular complexity index is 6970. The molecule has 0 fully saturated rings. The number of carbonyl (C=O) groups excluding carboxylic acids is 8. The summed E-state index contributed by atoms with van der Waals surface area (Å²) in [5.74, 6) is -7.50. The standard InChI is InChI=1S/C31H30N2O7S.C24H21Cl3N2O5S.C22H21N3O5S.C19H21FN2O5S/c1-19-5-9-22(10-6-19)31(36)32-26-18-29(40-24-13-11-23(39-4)12-14-24)27(17-28(26)34)33-30(35)21(3)41(37,38)25-15-7-20(2)8-16-25;1-3-22(35(33,34)15-6-4-5-13(2)9-15)24(32)28-19-12-21(30)20(11-18(19)27)29-23(31)14-7-8-16(25)17(26)10-14;1-14-3-2-4-18(11-14)31(29,30)13-21(27)24-17-9-10-19(20(26)12-17)25-22(28)15-5-7-16(23)8-6-15;1-4-18(28(26,27)13-7-5-11(2)6-8-13)19(25)22-15-10-17(24)16(9-14(15)20)21-12(3)23/h5-18,21,34H,1-4H3,(H,32,36)(H,33,35);4-12,22,30H,3H2,1-2H3,(H,28,32)(H,29,31);2-12,26H,13,23H2,1H3,(H,24,27)(H,25,28);5-10,18,24H,4H2,1-3H3,(H,21,23)(H,22,25).